The van der Waals surface area contributed by atoms with Gasteiger partial charge in [-0.25, -0.2) is 57.5 Å². The third-order valence-electron chi connectivity index (χ3n) is 10.1. The standard InChI is InChI=1S/C8H10O3.C8H8O3.C8H4O3.C6H4O5.C6H6O3.C5H4O3.C4H2O3/c3*9-7-5-3-1-2-4-6(5)8(10)11-7;7-4(8)1-3-2-5(9)11-6(3)10;1-3-4(2)6(8)9-5(3)7;1-3-2-4(6)8-5(3)7;5-3-1-2-4(6)7-3/h5-6H,1-4H2;1-4H2;1-4H;2H,1H2,(H,7,8);1-2H3;2H,1H3;1-2H. The molecule has 68 heavy (non-hydrogen) atoms. The highest BCUT2D eigenvalue weighted by molar-refractivity contribution is 6.15. The summed E-state index contributed by atoms with van der Waals surface area (Å²) in [6.45, 7) is 4.68. The Labute approximate surface area is 382 Å². The Morgan fingerprint density at radius 3 is 1.24 bits per heavy atom. The molecule has 0 bridgehead atoms. The van der Waals surface area contributed by atoms with E-state index in [-0.39, 0.29) is 29.3 Å². The molecule has 2 fully saturated rings. The topological polar surface area (TPSA) is 341 Å². The first-order chi connectivity index (χ1) is 32.1. The van der Waals surface area contributed by atoms with Crippen LogP contribution in [0.5, 0.6) is 0 Å². The highest BCUT2D eigenvalue weighted by Crippen LogP contribution is 2.36. The lowest BCUT2D eigenvalue weighted by Crippen LogP contribution is -2.21. The van der Waals surface area contributed by atoms with Crippen molar-refractivity contribution in [3.05, 3.63) is 93.1 Å². The summed E-state index contributed by atoms with van der Waals surface area (Å²) in [6, 6.07) is 6.53. The Morgan fingerprint density at radius 1 is 0.485 bits per heavy atom. The van der Waals surface area contributed by atoms with Crippen molar-refractivity contribution < 1.29 is 110 Å². The highest BCUT2D eigenvalue weighted by Gasteiger charge is 2.45. The number of rotatable bonds is 2. The zero-order valence-electron chi connectivity index (χ0n) is 36.1. The van der Waals surface area contributed by atoms with Crippen molar-refractivity contribution in [2.45, 2.75) is 78.6 Å². The minimum absolute atomic E-state index is 0.101. The Balaban J connectivity index is 0.000000174. The van der Waals surface area contributed by atoms with Crippen molar-refractivity contribution >= 4 is 89.5 Å². The second-order valence-electron chi connectivity index (χ2n) is 14.8. The zero-order chi connectivity index (χ0) is 50.4. The van der Waals surface area contributed by atoms with E-state index in [2.05, 4.69) is 33.2 Å². The maximum Gasteiger partial charge on any atom is 0.346 e. The summed E-state index contributed by atoms with van der Waals surface area (Å²) >= 11 is 0. The van der Waals surface area contributed by atoms with E-state index in [1.807, 2.05) is 0 Å². The summed E-state index contributed by atoms with van der Waals surface area (Å²) in [7, 11) is 0. The number of hydrogen-bond donors (Lipinski definition) is 1. The number of cyclic esters (lactones) is 14. The first kappa shape index (κ1) is 52.0. The average Bonchev–Trinajstić information content (AvgIpc) is 4.15. The fourth-order valence-corrected chi connectivity index (χ4v) is 6.50. The molecule has 0 radical (unpaired) electrons. The molecule has 0 amide bonds. The average molecular weight is 947 g/mol. The van der Waals surface area contributed by atoms with E-state index in [9.17, 15) is 71.9 Å². The predicted molar refractivity (Wildman–Crippen MR) is 215 cm³/mol. The van der Waals surface area contributed by atoms with Gasteiger partial charge in [0.05, 0.1) is 35.0 Å². The minimum Gasteiger partial charge on any atom is -0.481 e. The first-order valence-corrected chi connectivity index (χ1v) is 20.2. The number of carbonyl (C=O) groups is 15. The number of esters is 14. The van der Waals surface area contributed by atoms with E-state index in [4.69, 9.17) is 5.11 Å². The minimum atomic E-state index is -1.16. The Hall–Kier alpha value is -8.63. The Kier molecular flexibility index (Phi) is 18.0. The molecule has 1 aromatic rings. The second-order valence-corrected chi connectivity index (χ2v) is 14.8. The molecule has 2 aliphatic carbocycles. The van der Waals surface area contributed by atoms with Gasteiger partial charge in [0, 0.05) is 52.2 Å². The summed E-state index contributed by atoms with van der Waals surface area (Å²) in [5, 5.41) is 8.22. The molecule has 23 nitrogen and oxygen atoms in total. The van der Waals surface area contributed by atoms with Gasteiger partial charge in [-0.2, -0.15) is 0 Å². The van der Waals surface area contributed by atoms with Crippen LogP contribution in [0.3, 0.4) is 0 Å². The van der Waals surface area contributed by atoms with Crippen LogP contribution in [0.2, 0.25) is 0 Å². The van der Waals surface area contributed by atoms with Gasteiger partial charge in [0.25, 0.3) is 0 Å². The smallest absolute Gasteiger partial charge is 0.346 e. The van der Waals surface area contributed by atoms with Crippen LogP contribution in [0, 0.1) is 11.8 Å². The normalized spacial score (nSPS) is 21.2. The first-order valence-electron chi connectivity index (χ1n) is 20.2. The summed E-state index contributed by atoms with van der Waals surface area (Å²) in [4.78, 5) is 158. The molecule has 7 heterocycles. The quantitative estimate of drug-likeness (QED) is 0.252. The van der Waals surface area contributed by atoms with E-state index < -0.39 is 84.0 Å². The number of benzene rings is 1. The third-order valence-corrected chi connectivity index (χ3v) is 10.1. The Bertz CT molecular complexity index is 2470. The number of ether oxygens (including phenoxy) is 7. The van der Waals surface area contributed by atoms with Gasteiger partial charge in [-0.3, -0.25) is 14.4 Å². The molecule has 1 saturated heterocycles. The molecule has 2 atom stereocenters. The van der Waals surface area contributed by atoms with Crippen molar-refractivity contribution in [1.29, 1.82) is 0 Å². The molecular formula is C45H38O23. The fraction of sp³-hybridized carbons (Fsp3) is 0.311. The van der Waals surface area contributed by atoms with Gasteiger partial charge in [-0.15, -0.1) is 0 Å². The fourth-order valence-electron chi connectivity index (χ4n) is 6.50. The summed E-state index contributed by atoms with van der Waals surface area (Å²) in [6.07, 6.45) is 11.0. The zero-order valence-corrected chi connectivity index (χ0v) is 36.1. The molecule has 1 saturated carbocycles. The largest absolute Gasteiger partial charge is 0.481 e. The maximum absolute atomic E-state index is 11.0. The predicted octanol–water partition coefficient (Wildman–Crippen LogP) is 2.33. The number of hydrogen-bond acceptors (Lipinski definition) is 22. The van der Waals surface area contributed by atoms with Crippen LogP contribution >= 0.6 is 0 Å². The van der Waals surface area contributed by atoms with Crippen LogP contribution in [-0.4, -0.2) is 94.6 Å². The maximum atomic E-state index is 11.0. The monoisotopic (exact) mass is 946 g/mol. The van der Waals surface area contributed by atoms with Crippen LogP contribution in [0.25, 0.3) is 0 Å². The summed E-state index contributed by atoms with van der Waals surface area (Å²) < 4.78 is 29.7. The molecule has 7 aliphatic heterocycles. The molecule has 2 unspecified atom stereocenters. The van der Waals surface area contributed by atoms with E-state index in [1.165, 1.54) is 13.0 Å². The number of carbonyl (C=O) groups excluding carboxylic acids is 14. The highest BCUT2D eigenvalue weighted by atomic mass is 16.6. The van der Waals surface area contributed by atoms with Crippen LogP contribution < -0.4 is 0 Å². The van der Waals surface area contributed by atoms with Crippen LogP contribution in [0.15, 0.2) is 82.0 Å². The van der Waals surface area contributed by atoms with E-state index in [1.54, 1.807) is 38.1 Å². The molecule has 9 aliphatic rings. The van der Waals surface area contributed by atoms with Crippen molar-refractivity contribution in [2.75, 3.05) is 0 Å². The SMILES string of the molecule is CC1=C(C)C(=O)OC1=O.CC1=CC(=O)OC1=O.O=C(O)CC1=CC(=O)OC1=O.O=C1C=CC(=O)O1.O=C1OC(=O)C2=C1CCCC2.O=C1OC(=O)C2CCCCC12.O=C1OC(=O)c2ccccc21. The van der Waals surface area contributed by atoms with Crippen LogP contribution in [0.1, 0.15) is 99.3 Å². The number of aliphatic carboxylic acids is 1. The molecule has 356 valence electrons. The molecule has 0 spiro atoms. The van der Waals surface area contributed by atoms with Gasteiger partial charge in [0.2, 0.25) is 0 Å². The lowest BCUT2D eigenvalue weighted by Gasteiger charge is -2.18. The third kappa shape index (κ3) is 14.2. The molecular weight excluding hydrogens is 908 g/mol. The van der Waals surface area contributed by atoms with Gasteiger partial charge >= 0.3 is 89.5 Å². The molecule has 1 N–H and O–H groups in total. The number of carboxylic acids is 1. The summed E-state index contributed by atoms with van der Waals surface area (Å²) in [5.41, 5.74) is 3.06. The van der Waals surface area contributed by atoms with Gasteiger partial charge in [-0.05, 0) is 71.4 Å². The molecule has 10 rings (SSSR count). The molecule has 0 aromatic heterocycles. The van der Waals surface area contributed by atoms with Gasteiger partial charge in [-0.1, -0.05) is 25.0 Å². The van der Waals surface area contributed by atoms with Crippen molar-refractivity contribution in [3.8, 4) is 0 Å². The van der Waals surface area contributed by atoms with E-state index >= 15 is 0 Å². The van der Waals surface area contributed by atoms with E-state index in [0.717, 1.165) is 69.6 Å². The van der Waals surface area contributed by atoms with Gasteiger partial charge in [0.1, 0.15) is 0 Å². The second kappa shape index (κ2) is 23.5. The van der Waals surface area contributed by atoms with Gasteiger partial charge < -0.3 is 38.3 Å². The van der Waals surface area contributed by atoms with Crippen molar-refractivity contribution in [3.63, 3.8) is 0 Å². The van der Waals surface area contributed by atoms with Crippen molar-refractivity contribution in [1.82, 2.24) is 0 Å². The van der Waals surface area contributed by atoms with Crippen molar-refractivity contribution in [2.24, 2.45) is 11.8 Å². The summed E-state index contributed by atoms with van der Waals surface area (Å²) in [5.74, 6) is -8.82. The molecule has 1 aromatic carbocycles. The molecule has 23 heteroatoms. The van der Waals surface area contributed by atoms with E-state index in [0.29, 0.717) is 39.0 Å². The number of carboxylic acid groups (broad SMARTS) is 1. The lowest BCUT2D eigenvalue weighted by atomic mass is 9.81. The number of fused-ring (bicyclic) bond motifs is 2. The Morgan fingerprint density at radius 2 is 0.912 bits per heavy atom. The lowest BCUT2D eigenvalue weighted by molar-refractivity contribution is -0.155. The van der Waals surface area contributed by atoms with Crippen LogP contribution in [0.4, 0.5) is 0 Å². The van der Waals surface area contributed by atoms with Crippen LogP contribution in [-0.2, 0) is 95.5 Å². The van der Waals surface area contributed by atoms with Gasteiger partial charge in [0.15, 0.2) is 0 Å².